The molecule has 27 heavy (non-hydrogen) atoms. The molecule has 0 aliphatic carbocycles. The third-order valence-corrected chi connectivity index (χ3v) is 4.66. The van der Waals surface area contributed by atoms with Gasteiger partial charge in [0.2, 0.25) is 0 Å². The number of carbonyl (C=O) groups excluding carboxylic acids is 1. The molecule has 1 aliphatic heterocycles. The summed E-state index contributed by atoms with van der Waals surface area (Å²) in [6.07, 6.45) is -1.68. The molecule has 2 aromatic rings. The number of carbonyl (C=O) groups is 1. The fourth-order valence-electron chi connectivity index (χ4n) is 2.99. The zero-order valence-corrected chi connectivity index (χ0v) is 15.0. The molecule has 1 saturated heterocycles. The van der Waals surface area contributed by atoms with Crippen molar-refractivity contribution in [2.45, 2.75) is 6.18 Å². The molecular formula is C21H21F3N2O. The zero-order valence-electron chi connectivity index (χ0n) is 15.0. The number of nitrogens with zero attached hydrogens (tertiary/aromatic N) is 2. The SMILES string of the molecule is CN1CCN(c2ccc(C(=O)/C=C/c3cccc(C(F)(F)F)c3)cc2)CC1. The molecule has 0 aromatic heterocycles. The number of likely N-dealkylation sites (N-methyl/N-ethyl adjacent to an activating group) is 1. The van der Waals surface area contributed by atoms with Crippen molar-refractivity contribution in [3.63, 3.8) is 0 Å². The van der Waals surface area contributed by atoms with Gasteiger partial charge in [0, 0.05) is 37.4 Å². The van der Waals surface area contributed by atoms with E-state index in [1.54, 1.807) is 12.1 Å². The number of allylic oxidation sites excluding steroid dienone is 1. The highest BCUT2D eigenvalue weighted by Crippen LogP contribution is 2.29. The Bertz CT molecular complexity index is 820. The molecule has 0 spiro atoms. The second kappa shape index (κ2) is 7.96. The van der Waals surface area contributed by atoms with Crippen molar-refractivity contribution < 1.29 is 18.0 Å². The molecule has 0 radical (unpaired) electrons. The zero-order chi connectivity index (χ0) is 19.4. The van der Waals surface area contributed by atoms with Gasteiger partial charge in [-0.25, -0.2) is 0 Å². The van der Waals surface area contributed by atoms with Crippen molar-refractivity contribution >= 4 is 17.5 Å². The lowest BCUT2D eigenvalue weighted by atomic mass is 10.1. The van der Waals surface area contributed by atoms with Crippen molar-refractivity contribution in [2.75, 3.05) is 38.1 Å². The molecule has 3 nitrogen and oxygen atoms in total. The van der Waals surface area contributed by atoms with E-state index in [9.17, 15) is 18.0 Å². The molecule has 0 saturated carbocycles. The summed E-state index contributed by atoms with van der Waals surface area (Å²) in [7, 11) is 2.09. The highest BCUT2D eigenvalue weighted by atomic mass is 19.4. The predicted molar refractivity (Wildman–Crippen MR) is 101 cm³/mol. The summed E-state index contributed by atoms with van der Waals surface area (Å²) >= 11 is 0. The Kier molecular flexibility index (Phi) is 5.65. The van der Waals surface area contributed by atoms with E-state index in [1.165, 1.54) is 24.3 Å². The summed E-state index contributed by atoms with van der Waals surface area (Å²) in [4.78, 5) is 16.8. The lowest BCUT2D eigenvalue weighted by molar-refractivity contribution is -0.137. The van der Waals surface area contributed by atoms with Crippen LogP contribution in [0, 0.1) is 0 Å². The Hall–Kier alpha value is -2.60. The average Bonchev–Trinajstić information content (AvgIpc) is 2.66. The quantitative estimate of drug-likeness (QED) is 0.587. The monoisotopic (exact) mass is 374 g/mol. The van der Waals surface area contributed by atoms with Crippen LogP contribution in [-0.2, 0) is 6.18 Å². The highest BCUT2D eigenvalue weighted by molar-refractivity contribution is 6.07. The smallest absolute Gasteiger partial charge is 0.369 e. The first-order valence-electron chi connectivity index (χ1n) is 8.76. The van der Waals surface area contributed by atoms with E-state index in [0.717, 1.165) is 44.0 Å². The summed E-state index contributed by atoms with van der Waals surface area (Å²) < 4.78 is 38.2. The molecule has 1 fully saturated rings. The predicted octanol–water partition coefficient (Wildman–Crippen LogP) is 4.35. The molecule has 1 aliphatic rings. The van der Waals surface area contributed by atoms with E-state index in [1.807, 2.05) is 12.1 Å². The summed E-state index contributed by atoms with van der Waals surface area (Å²) in [5.74, 6) is -0.239. The van der Waals surface area contributed by atoms with Gasteiger partial charge in [-0.05, 0) is 55.1 Å². The molecule has 0 amide bonds. The number of alkyl halides is 3. The second-order valence-electron chi connectivity index (χ2n) is 6.66. The number of benzene rings is 2. The highest BCUT2D eigenvalue weighted by Gasteiger charge is 2.30. The Labute approximate surface area is 156 Å². The van der Waals surface area contributed by atoms with Crippen molar-refractivity contribution in [3.05, 3.63) is 71.3 Å². The standard InChI is InChI=1S/C21H21F3N2O/c1-25-11-13-26(14-12-25)19-8-6-17(7-9-19)20(27)10-5-16-3-2-4-18(15-16)21(22,23)24/h2-10,15H,11-14H2,1H3/b10-5+. The summed E-state index contributed by atoms with van der Waals surface area (Å²) in [6, 6.07) is 12.2. The van der Waals surface area contributed by atoms with Crippen molar-refractivity contribution in [1.29, 1.82) is 0 Å². The molecule has 0 bridgehead atoms. The van der Waals surface area contributed by atoms with Crippen molar-refractivity contribution in [3.8, 4) is 0 Å². The van der Waals surface area contributed by atoms with Gasteiger partial charge in [0.15, 0.2) is 5.78 Å². The van der Waals surface area contributed by atoms with Crippen LogP contribution >= 0.6 is 0 Å². The number of anilines is 1. The Balaban J connectivity index is 1.67. The number of hydrogen-bond donors (Lipinski definition) is 0. The van der Waals surface area contributed by atoms with Crippen molar-refractivity contribution in [2.24, 2.45) is 0 Å². The summed E-state index contributed by atoms with van der Waals surface area (Å²) in [6.45, 7) is 3.89. The first kappa shape index (κ1) is 19.2. The van der Waals surface area contributed by atoms with Gasteiger partial charge in [-0.15, -0.1) is 0 Å². The van der Waals surface area contributed by atoms with E-state index in [4.69, 9.17) is 0 Å². The minimum Gasteiger partial charge on any atom is -0.369 e. The van der Waals surface area contributed by atoms with E-state index in [0.29, 0.717) is 11.1 Å². The van der Waals surface area contributed by atoms with Crippen LogP contribution in [0.5, 0.6) is 0 Å². The number of rotatable bonds is 4. The number of piperazine rings is 1. The molecule has 1 heterocycles. The van der Waals surface area contributed by atoms with E-state index < -0.39 is 11.7 Å². The van der Waals surface area contributed by atoms with Gasteiger partial charge in [-0.2, -0.15) is 13.2 Å². The van der Waals surface area contributed by atoms with E-state index in [2.05, 4.69) is 16.8 Å². The Morgan fingerprint density at radius 3 is 2.30 bits per heavy atom. The van der Waals surface area contributed by atoms with Crippen LogP contribution in [0.15, 0.2) is 54.6 Å². The van der Waals surface area contributed by atoms with Gasteiger partial charge < -0.3 is 9.80 Å². The summed E-state index contributed by atoms with van der Waals surface area (Å²) in [5, 5.41) is 0. The largest absolute Gasteiger partial charge is 0.416 e. The normalized spacial score (nSPS) is 16.1. The van der Waals surface area contributed by atoms with Gasteiger partial charge in [-0.1, -0.05) is 18.2 Å². The molecule has 2 aromatic carbocycles. The molecule has 0 atom stereocenters. The fourth-order valence-corrected chi connectivity index (χ4v) is 2.99. The van der Waals surface area contributed by atoms with Crippen LogP contribution in [0.1, 0.15) is 21.5 Å². The van der Waals surface area contributed by atoms with Crippen LogP contribution in [0.25, 0.3) is 6.08 Å². The number of ketones is 1. The van der Waals surface area contributed by atoms with Gasteiger partial charge in [0.25, 0.3) is 0 Å². The van der Waals surface area contributed by atoms with Gasteiger partial charge in [0.05, 0.1) is 5.56 Å². The van der Waals surface area contributed by atoms with Crippen LogP contribution < -0.4 is 4.90 Å². The van der Waals surface area contributed by atoms with E-state index >= 15 is 0 Å². The number of halogens is 3. The van der Waals surface area contributed by atoms with Gasteiger partial charge in [-0.3, -0.25) is 4.79 Å². The third kappa shape index (κ3) is 4.98. The molecular weight excluding hydrogens is 353 g/mol. The van der Waals surface area contributed by atoms with Crippen LogP contribution in [0.2, 0.25) is 0 Å². The molecule has 0 N–H and O–H groups in total. The Morgan fingerprint density at radius 2 is 1.67 bits per heavy atom. The molecule has 0 unspecified atom stereocenters. The third-order valence-electron chi connectivity index (χ3n) is 4.66. The Morgan fingerprint density at radius 1 is 1.00 bits per heavy atom. The van der Waals surface area contributed by atoms with E-state index in [-0.39, 0.29) is 5.78 Å². The lowest BCUT2D eigenvalue weighted by Crippen LogP contribution is -2.44. The number of hydrogen-bond acceptors (Lipinski definition) is 3. The maximum Gasteiger partial charge on any atom is 0.416 e. The minimum absolute atomic E-state index is 0.239. The van der Waals surface area contributed by atoms with Crippen LogP contribution in [0.4, 0.5) is 18.9 Å². The topological polar surface area (TPSA) is 23.6 Å². The average molecular weight is 374 g/mol. The van der Waals surface area contributed by atoms with Gasteiger partial charge in [0.1, 0.15) is 0 Å². The second-order valence-corrected chi connectivity index (χ2v) is 6.66. The first-order valence-corrected chi connectivity index (χ1v) is 8.76. The maximum absolute atomic E-state index is 12.7. The molecule has 6 heteroatoms. The molecule has 142 valence electrons. The lowest BCUT2D eigenvalue weighted by Gasteiger charge is -2.34. The minimum atomic E-state index is -4.40. The fraction of sp³-hybridized carbons (Fsp3) is 0.286. The molecule has 3 rings (SSSR count). The summed E-state index contributed by atoms with van der Waals surface area (Å²) in [5.41, 5.74) is 1.19. The first-order chi connectivity index (χ1) is 12.8. The van der Waals surface area contributed by atoms with Crippen molar-refractivity contribution in [1.82, 2.24) is 4.90 Å². The van der Waals surface area contributed by atoms with Crippen LogP contribution in [-0.4, -0.2) is 43.9 Å². The van der Waals surface area contributed by atoms with Gasteiger partial charge >= 0.3 is 6.18 Å². The van der Waals surface area contributed by atoms with Crippen LogP contribution in [0.3, 0.4) is 0 Å². The maximum atomic E-state index is 12.7.